The molecule has 1 aromatic rings. The van der Waals surface area contributed by atoms with E-state index in [2.05, 4.69) is 5.32 Å². The molecule has 0 aromatic heterocycles. The molecule has 0 spiro atoms. The molecule has 0 heterocycles. The van der Waals surface area contributed by atoms with Crippen LogP contribution in [0.3, 0.4) is 0 Å². The summed E-state index contributed by atoms with van der Waals surface area (Å²) in [7, 11) is 0. The third kappa shape index (κ3) is 3.02. The minimum Gasteiger partial charge on any atom is -0.490 e. The van der Waals surface area contributed by atoms with Crippen molar-refractivity contribution in [1.82, 2.24) is 5.32 Å². The maximum atomic E-state index is 13.3. The number of carbonyl (C=O) groups excluding carboxylic acids is 1. The summed E-state index contributed by atoms with van der Waals surface area (Å²) in [6.45, 7) is 1.88. The van der Waals surface area contributed by atoms with Crippen LogP contribution in [0.15, 0.2) is 18.2 Å². The largest absolute Gasteiger partial charge is 0.490 e. The summed E-state index contributed by atoms with van der Waals surface area (Å²) in [5.74, 6) is -0.0750. The first-order chi connectivity index (χ1) is 9.98. The first-order valence-corrected chi connectivity index (χ1v) is 7.49. The topological polar surface area (TPSA) is 64.3 Å². The average Bonchev–Trinajstić information content (AvgIpc) is 3.14. The van der Waals surface area contributed by atoms with E-state index in [9.17, 15) is 9.18 Å². The van der Waals surface area contributed by atoms with Crippen LogP contribution in [0, 0.1) is 12.7 Å². The van der Waals surface area contributed by atoms with Crippen LogP contribution in [0.1, 0.15) is 37.7 Å². The lowest BCUT2D eigenvalue weighted by Crippen LogP contribution is -2.55. The van der Waals surface area contributed by atoms with Gasteiger partial charge in [0.25, 0.3) is 0 Å². The minimum absolute atomic E-state index is 0.107. The van der Waals surface area contributed by atoms with Gasteiger partial charge in [0.1, 0.15) is 23.2 Å². The summed E-state index contributed by atoms with van der Waals surface area (Å²) >= 11 is 0. The number of halogens is 1. The van der Waals surface area contributed by atoms with E-state index >= 15 is 0 Å². The maximum absolute atomic E-state index is 13.3. The molecule has 1 aromatic carbocycles. The van der Waals surface area contributed by atoms with Crippen LogP contribution in [-0.2, 0) is 4.79 Å². The molecule has 2 fully saturated rings. The molecule has 0 aliphatic heterocycles. The van der Waals surface area contributed by atoms with Gasteiger partial charge in [-0.1, -0.05) is 6.07 Å². The molecule has 2 atom stereocenters. The van der Waals surface area contributed by atoms with Gasteiger partial charge in [-0.25, -0.2) is 4.39 Å². The van der Waals surface area contributed by atoms with Gasteiger partial charge in [-0.15, -0.1) is 0 Å². The van der Waals surface area contributed by atoms with Crippen molar-refractivity contribution in [3.05, 3.63) is 29.6 Å². The Balaban J connectivity index is 1.70. The molecule has 2 saturated carbocycles. The van der Waals surface area contributed by atoms with Crippen molar-refractivity contribution in [3.63, 3.8) is 0 Å². The molecule has 0 saturated heterocycles. The van der Waals surface area contributed by atoms with Gasteiger partial charge in [0.15, 0.2) is 0 Å². The highest BCUT2D eigenvalue weighted by atomic mass is 19.1. The first-order valence-electron chi connectivity index (χ1n) is 7.49. The summed E-state index contributed by atoms with van der Waals surface area (Å²) < 4.78 is 19.2. The molecule has 2 aliphatic carbocycles. The standard InChI is InChI=1S/C16H21FN2O2/c1-10-2-3-11(17)8-14(10)21-13-6-7-16(9-13,15(18)20)19-12-4-5-12/h2-3,8,12-13,19H,4-7,9H2,1H3,(H2,18,20). The van der Waals surface area contributed by atoms with Crippen molar-refractivity contribution in [1.29, 1.82) is 0 Å². The van der Waals surface area contributed by atoms with Gasteiger partial charge in [0.05, 0.1) is 0 Å². The number of primary amides is 1. The smallest absolute Gasteiger partial charge is 0.237 e. The van der Waals surface area contributed by atoms with E-state index in [1.807, 2.05) is 6.92 Å². The van der Waals surface area contributed by atoms with E-state index in [0.717, 1.165) is 24.8 Å². The molecule has 21 heavy (non-hydrogen) atoms. The van der Waals surface area contributed by atoms with Gasteiger partial charge in [-0.05, 0) is 44.2 Å². The van der Waals surface area contributed by atoms with Gasteiger partial charge >= 0.3 is 0 Å². The number of hydrogen-bond donors (Lipinski definition) is 2. The Morgan fingerprint density at radius 1 is 1.43 bits per heavy atom. The fourth-order valence-electron chi connectivity index (χ4n) is 3.03. The molecule has 3 rings (SSSR count). The first kappa shape index (κ1) is 14.3. The van der Waals surface area contributed by atoms with Gasteiger partial charge in [0, 0.05) is 18.5 Å². The lowest BCUT2D eigenvalue weighted by molar-refractivity contribution is -0.124. The highest BCUT2D eigenvalue weighted by Crippen LogP contribution is 2.36. The van der Waals surface area contributed by atoms with Crippen LogP contribution >= 0.6 is 0 Å². The number of carbonyl (C=O) groups is 1. The summed E-state index contributed by atoms with van der Waals surface area (Å²) in [6, 6.07) is 4.92. The van der Waals surface area contributed by atoms with Crippen LogP contribution in [0.4, 0.5) is 4.39 Å². The Hall–Kier alpha value is -1.62. The lowest BCUT2D eigenvalue weighted by atomic mass is 9.96. The Morgan fingerprint density at radius 3 is 2.86 bits per heavy atom. The zero-order valence-corrected chi connectivity index (χ0v) is 12.2. The molecule has 0 bridgehead atoms. The SMILES string of the molecule is Cc1ccc(F)cc1OC1CCC(NC2CC2)(C(N)=O)C1. The zero-order chi connectivity index (χ0) is 15.0. The summed E-state index contributed by atoms with van der Waals surface area (Å²) in [4.78, 5) is 11.9. The predicted molar refractivity (Wildman–Crippen MR) is 77.5 cm³/mol. The summed E-state index contributed by atoms with van der Waals surface area (Å²) in [6.07, 6.45) is 4.07. The molecule has 2 unspecified atom stereocenters. The van der Waals surface area contributed by atoms with Crippen LogP contribution in [0.5, 0.6) is 5.75 Å². The number of amides is 1. The van der Waals surface area contributed by atoms with Crippen LogP contribution in [0.2, 0.25) is 0 Å². The third-order valence-electron chi connectivity index (χ3n) is 4.44. The quantitative estimate of drug-likeness (QED) is 0.873. The lowest BCUT2D eigenvalue weighted by Gasteiger charge is -2.27. The van der Waals surface area contributed by atoms with Gasteiger partial charge in [-0.2, -0.15) is 0 Å². The minimum atomic E-state index is -0.660. The van der Waals surface area contributed by atoms with E-state index in [1.165, 1.54) is 12.1 Å². The highest BCUT2D eigenvalue weighted by molar-refractivity contribution is 5.85. The molecule has 1 amide bonds. The maximum Gasteiger partial charge on any atom is 0.237 e. The molecule has 2 aliphatic rings. The summed E-state index contributed by atoms with van der Waals surface area (Å²) in [5, 5.41) is 3.38. The van der Waals surface area contributed by atoms with Gasteiger partial charge < -0.3 is 15.8 Å². The fourth-order valence-corrected chi connectivity index (χ4v) is 3.03. The monoisotopic (exact) mass is 292 g/mol. The fraction of sp³-hybridized carbons (Fsp3) is 0.562. The number of hydrogen-bond acceptors (Lipinski definition) is 3. The number of ether oxygens (including phenoxy) is 1. The Labute approximate surface area is 123 Å². The molecular formula is C16H21FN2O2. The number of nitrogens with two attached hydrogens (primary N) is 1. The second kappa shape index (κ2) is 5.30. The molecular weight excluding hydrogens is 271 g/mol. The van der Waals surface area contributed by atoms with Crippen molar-refractivity contribution in [2.75, 3.05) is 0 Å². The van der Waals surface area contributed by atoms with Crippen molar-refractivity contribution >= 4 is 5.91 Å². The normalized spacial score (nSPS) is 28.6. The average molecular weight is 292 g/mol. The van der Waals surface area contributed by atoms with E-state index in [1.54, 1.807) is 6.07 Å². The number of benzene rings is 1. The van der Waals surface area contributed by atoms with E-state index in [0.29, 0.717) is 24.6 Å². The van der Waals surface area contributed by atoms with E-state index in [4.69, 9.17) is 10.5 Å². The number of nitrogens with one attached hydrogen (secondary N) is 1. The Morgan fingerprint density at radius 2 is 2.19 bits per heavy atom. The highest BCUT2D eigenvalue weighted by Gasteiger charge is 2.47. The van der Waals surface area contributed by atoms with Crippen LogP contribution in [0.25, 0.3) is 0 Å². The van der Waals surface area contributed by atoms with Gasteiger partial charge in [0.2, 0.25) is 5.91 Å². The second-order valence-corrected chi connectivity index (χ2v) is 6.26. The molecule has 114 valence electrons. The van der Waals surface area contributed by atoms with Crippen molar-refractivity contribution in [3.8, 4) is 5.75 Å². The number of rotatable bonds is 5. The zero-order valence-electron chi connectivity index (χ0n) is 12.2. The van der Waals surface area contributed by atoms with Crippen molar-refractivity contribution < 1.29 is 13.9 Å². The molecule has 3 N–H and O–H groups in total. The number of aryl methyl sites for hydroxylation is 1. The third-order valence-corrected chi connectivity index (χ3v) is 4.44. The van der Waals surface area contributed by atoms with Crippen LogP contribution < -0.4 is 15.8 Å². The van der Waals surface area contributed by atoms with Gasteiger partial charge in [-0.3, -0.25) is 4.79 Å². The molecule has 0 radical (unpaired) electrons. The summed E-state index contributed by atoms with van der Waals surface area (Å²) in [5.41, 5.74) is 5.83. The Bertz CT molecular complexity index is 559. The molecule has 5 heteroatoms. The molecule has 4 nitrogen and oxygen atoms in total. The second-order valence-electron chi connectivity index (χ2n) is 6.26. The Kier molecular flexibility index (Phi) is 3.61. The van der Waals surface area contributed by atoms with E-state index in [-0.39, 0.29) is 17.8 Å². The van der Waals surface area contributed by atoms with E-state index < -0.39 is 5.54 Å². The van der Waals surface area contributed by atoms with Crippen LogP contribution in [-0.4, -0.2) is 23.6 Å². The predicted octanol–water partition coefficient (Wildman–Crippen LogP) is 2.04. The van der Waals surface area contributed by atoms with Crippen molar-refractivity contribution in [2.24, 2.45) is 5.73 Å². The van der Waals surface area contributed by atoms with Crippen molar-refractivity contribution in [2.45, 2.75) is 56.7 Å².